The highest BCUT2D eigenvalue weighted by Gasteiger charge is 2.38. The zero-order chi connectivity index (χ0) is 11.6. The lowest BCUT2D eigenvalue weighted by Gasteiger charge is -2.33. The average Bonchev–Trinajstić information content (AvgIpc) is 2.79. The van der Waals surface area contributed by atoms with Gasteiger partial charge in [-0.3, -0.25) is 0 Å². The first-order valence-corrected chi connectivity index (χ1v) is 6.04. The smallest absolute Gasteiger partial charge is 0.119 e. The molecule has 0 bridgehead atoms. The molecule has 1 saturated heterocycles. The first kappa shape index (κ1) is 11.5. The van der Waals surface area contributed by atoms with Gasteiger partial charge >= 0.3 is 0 Å². The summed E-state index contributed by atoms with van der Waals surface area (Å²) in [6.07, 6.45) is 1.22. The van der Waals surface area contributed by atoms with Crippen molar-refractivity contribution in [3.05, 3.63) is 29.8 Å². The highest BCUT2D eigenvalue weighted by molar-refractivity contribution is 5.35. The summed E-state index contributed by atoms with van der Waals surface area (Å²) in [5.74, 6) is 1.61. The van der Waals surface area contributed by atoms with E-state index in [0.717, 1.165) is 18.8 Å². The Bertz CT molecular complexity index is 354. The Morgan fingerprint density at radius 2 is 2.19 bits per heavy atom. The Kier molecular flexibility index (Phi) is 3.20. The molecule has 16 heavy (non-hydrogen) atoms. The molecule has 1 aliphatic rings. The van der Waals surface area contributed by atoms with Gasteiger partial charge in [-0.05, 0) is 36.6 Å². The second kappa shape index (κ2) is 4.46. The van der Waals surface area contributed by atoms with Crippen molar-refractivity contribution in [2.45, 2.75) is 25.7 Å². The van der Waals surface area contributed by atoms with Gasteiger partial charge in [-0.2, -0.15) is 0 Å². The van der Waals surface area contributed by atoms with E-state index in [9.17, 15) is 0 Å². The van der Waals surface area contributed by atoms with Crippen LogP contribution in [0, 0.1) is 5.92 Å². The van der Waals surface area contributed by atoms with Crippen LogP contribution in [-0.4, -0.2) is 20.2 Å². The van der Waals surface area contributed by atoms with Crippen LogP contribution in [0.3, 0.4) is 0 Å². The first-order valence-electron chi connectivity index (χ1n) is 6.04. The van der Waals surface area contributed by atoms with E-state index in [4.69, 9.17) is 4.74 Å². The van der Waals surface area contributed by atoms with Crippen LogP contribution in [0.15, 0.2) is 24.3 Å². The minimum absolute atomic E-state index is 0.286. The molecular formula is C14H21NO. The fourth-order valence-corrected chi connectivity index (χ4v) is 2.72. The van der Waals surface area contributed by atoms with Gasteiger partial charge in [0.05, 0.1) is 7.11 Å². The van der Waals surface area contributed by atoms with Gasteiger partial charge in [0, 0.05) is 12.0 Å². The van der Waals surface area contributed by atoms with Gasteiger partial charge in [0.15, 0.2) is 0 Å². The topological polar surface area (TPSA) is 21.3 Å². The van der Waals surface area contributed by atoms with Crippen molar-refractivity contribution in [1.82, 2.24) is 5.32 Å². The number of nitrogens with one attached hydrogen (secondary N) is 1. The van der Waals surface area contributed by atoms with Crippen molar-refractivity contribution in [2.75, 3.05) is 20.2 Å². The molecule has 1 aromatic carbocycles. The van der Waals surface area contributed by atoms with Gasteiger partial charge in [0.25, 0.3) is 0 Å². The standard InChI is InChI=1S/C14H21NO/c1-11(2)14(7-8-15-10-14)12-5-4-6-13(9-12)16-3/h4-6,9,11,15H,7-8,10H2,1-3H3/t14-/m0/s1. The minimum Gasteiger partial charge on any atom is -0.497 e. The summed E-state index contributed by atoms with van der Waals surface area (Å²) < 4.78 is 5.32. The van der Waals surface area contributed by atoms with Crippen LogP contribution >= 0.6 is 0 Å². The number of hydrogen-bond donors (Lipinski definition) is 1. The van der Waals surface area contributed by atoms with E-state index in [1.165, 1.54) is 12.0 Å². The van der Waals surface area contributed by atoms with Crippen LogP contribution < -0.4 is 10.1 Å². The summed E-state index contributed by atoms with van der Waals surface area (Å²) in [4.78, 5) is 0. The second-order valence-electron chi connectivity index (χ2n) is 4.97. The molecule has 1 atom stereocenters. The third-order valence-corrected chi connectivity index (χ3v) is 3.94. The van der Waals surface area contributed by atoms with E-state index in [0.29, 0.717) is 5.92 Å². The number of rotatable bonds is 3. The van der Waals surface area contributed by atoms with Crippen molar-refractivity contribution in [1.29, 1.82) is 0 Å². The zero-order valence-electron chi connectivity index (χ0n) is 10.4. The number of ether oxygens (including phenoxy) is 1. The maximum atomic E-state index is 5.32. The van der Waals surface area contributed by atoms with Crippen molar-refractivity contribution in [2.24, 2.45) is 5.92 Å². The van der Waals surface area contributed by atoms with Crippen LogP contribution in [0.5, 0.6) is 5.75 Å². The average molecular weight is 219 g/mol. The summed E-state index contributed by atoms with van der Waals surface area (Å²) in [5.41, 5.74) is 1.70. The molecule has 2 rings (SSSR count). The van der Waals surface area contributed by atoms with E-state index in [1.54, 1.807) is 7.11 Å². The van der Waals surface area contributed by atoms with Crippen molar-refractivity contribution in [3.63, 3.8) is 0 Å². The van der Waals surface area contributed by atoms with E-state index in [1.807, 2.05) is 6.07 Å². The molecule has 88 valence electrons. The molecule has 0 aromatic heterocycles. The van der Waals surface area contributed by atoms with Crippen LogP contribution in [0.1, 0.15) is 25.8 Å². The molecule has 1 heterocycles. The molecule has 0 aliphatic carbocycles. The lowest BCUT2D eigenvalue weighted by molar-refractivity contribution is 0.334. The Morgan fingerprint density at radius 3 is 2.75 bits per heavy atom. The first-order chi connectivity index (χ1) is 7.69. The molecule has 1 aromatic rings. The molecular weight excluding hydrogens is 198 g/mol. The number of benzene rings is 1. The molecule has 0 spiro atoms. The van der Waals surface area contributed by atoms with Crippen molar-refractivity contribution in [3.8, 4) is 5.75 Å². The van der Waals surface area contributed by atoms with Gasteiger partial charge in [-0.15, -0.1) is 0 Å². The van der Waals surface area contributed by atoms with E-state index < -0.39 is 0 Å². The second-order valence-corrected chi connectivity index (χ2v) is 4.97. The summed E-state index contributed by atoms with van der Waals surface area (Å²) in [6.45, 7) is 6.83. The molecule has 1 N–H and O–H groups in total. The quantitative estimate of drug-likeness (QED) is 0.843. The fraction of sp³-hybridized carbons (Fsp3) is 0.571. The van der Waals surface area contributed by atoms with Crippen LogP contribution in [-0.2, 0) is 5.41 Å². The normalized spacial score (nSPS) is 25.0. The predicted octanol–water partition coefficient (Wildman–Crippen LogP) is 2.58. The van der Waals surface area contributed by atoms with Gasteiger partial charge in [-0.1, -0.05) is 26.0 Å². The molecule has 2 heteroatoms. The van der Waals surface area contributed by atoms with Gasteiger partial charge in [-0.25, -0.2) is 0 Å². The number of hydrogen-bond acceptors (Lipinski definition) is 2. The Hall–Kier alpha value is -1.02. The summed E-state index contributed by atoms with van der Waals surface area (Å²) in [5, 5.41) is 3.49. The van der Waals surface area contributed by atoms with Crippen LogP contribution in [0.4, 0.5) is 0 Å². The molecule has 0 radical (unpaired) electrons. The van der Waals surface area contributed by atoms with Crippen LogP contribution in [0.2, 0.25) is 0 Å². The summed E-state index contributed by atoms with van der Waals surface area (Å²) >= 11 is 0. The molecule has 1 aliphatic heterocycles. The Morgan fingerprint density at radius 1 is 1.38 bits per heavy atom. The lowest BCUT2D eigenvalue weighted by Crippen LogP contribution is -2.34. The van der Waals surface area contributed by atoms with Gasteiger partial charge < -0.3 is 10.1 Å². The van der Waals surface area contributed by atoms with Crippen molar-refractivity contribution < 1.29 is 4.74 Å². The fourth-order valence-electron chi connectivity index (χ4n) is 2.72. The highest BCUT2D eigenvalue weighted by atomic mass is 16.5. The van der Waals surface area contributed by atoms with Gasteiger partial charge in [0.1, 0.15) is 5.75 Å². The zero-order valence-corrected chi connectivity index (χ0v) is 10.4. The van der Waals surface area contributed by atoms with Crippen LogP contribution in [0.25, 0.3) is 0 Å². The monoisotopic (exact) mass is 219 g/mol. The molecule has 1 fully saturated rings. The number of methoxy groups -OCH3 is 1. The molecule has 2 nitrogen and oxygen atoms in total. The van der Waals surface area contributed by atoms with E-state index in [2.05, 4.69) is 37.4 Å². The Labute approximate surface area is 98.0 Å². The maximum absolute atomic E-state index is 5.32. The predicted molar refractivity (Wildman–Crippen MR) is 67.0 cm³/mol. The summed E-state index contributed by atoms with van der Waals surface area (Å²) in [7, 11) is 1.73. The third kappa shape index (κ3) is 1.82. The maximum Gasteiger partial charge on any atom is 0.119 e. The van der Waals surface area contributed by atoms with E-state index >= 15 is 0 Å². The molecule has 0 saturated carbocycles. The Balaban J connectivity index is 2.39. The van der Waals surface area contributed by atoms with E-state index in [-0.39, 0.29) is 5.41 Å². The lowest BCUT2D eigenvalue weighted by atomic mass is 9.71. The SMILES string of the molecule is COc1cccc([C@@]2(C(C)C)CCNC2)c1. The van der Waals surface area contributed by atoms with Gasteiger partial charge in [0.2, 0.25) is 0 Å². The third-order valence-electron chi connectivity index (χ3n) is 3.94. The van der Waals surface area contributed by atoms with Crippen molar-refractivity contribution >= 4 is 0 Å². The molecule has 0 unspecified atom stereocenters. The minimum atomic E-state index is 0.286. The highest BCUT2D eigenvalue weighted by Crippen LogP contribution is 2.38. The molecule has 0 amide bonds. The summed E-state index contributed by atoms with van der Waals surface area (Å²) in [6, 6.07) is 8.53. The largest absolute Gasteiger partial charge is 0.497 e.